The molecule has 2 radical (unpaired) electrons. The second-order valence-electron chi connectivity index (χ2n) is 2.58. The van der Waals surface area contributed by atoms with Crippen molar-refractivity contribution in [2.24, 2.45) is 0 Å². The summed E-state index contributed by atoms with van der Waals surface area (Å²) in [5, 5.41) is 3.29. The molecule has 0 spiro atoms. The summed E-state index contributed by atoms with van der Waals surface area (Å²) in [5.74, 6) is 0.894. The topological polar surface area (TPSA) is 30.5 Å². The van der Waals surface area contributed by atoms with E-state index in [4.69, 9.17) is 9.47 Å². The Morgan fingerprint density at radius 1 is 1.31 bits per heavy atom. The molecule has 1 N–H and O–H groups in total. The first-order valence-electron chi connectivity index (χ1n) is 4.45. The van der Waals surface area contributed by atoms with Crippen molar-refractivity contribution in [2.75, 3.05) is 33.1 Å². The van der Waals surface area contributed by atoms with Crippen LogP contribution < -0.4 is 5.32 Å². The highest BCUT2D eigenvalue weighted by Crippen LogP contribution is 1.95. The van der Waals surface area contributed by atoms with E-state index in [1.54, 1.807) is 14.2 Å². The van der Waals surface area contributed by atoms with Gasteiger partial charge in [0.1, 0.15) is 15.4 Å². The summed E-state index contributed by atoms with van der Waals surface area (Å²) in [6.07, 6.45) is 1.18. The lowest BCUT2D eigenvalue weighted by Crippen LogP contribution is -2.23. The predicted octanol–water partition coefficient (Wildman–Crippen LogP) is 0.595. The molecular weight excluding hydrogens is 202 g/mol. The molecule has 0 aromatic carbocycles. The first-order valence-corrected chi connectivity index (χ1v) is 6.37. The second-order valence-corrected chi connectivity index (χ2v) is 4.41. The van der Waals surface area contributed by atoms with E-state index in [0.717, 1.165) is 34.4 Å². The molecule has 0 aliphatic heterocycles. The Bertz CT molecular complexity index is 104. The van der Waals surface area contributed by atoms with E-state index >= 15 is 0 Å². The summed E-state index contributed by atoms with van der Waals surface area (Å²) in [7, 11) is 4.09. The van der Waals surface area contributed by atoms with Gasteiger partial charge >= 0.3 is 0 Å². The molecule has 0 unspecified atom stereocenters. The van der Waals surface area contributed by atoms with Crippen LogP contribution in [0.15, 0.2) is 0 Å². The Morgan fingerprint density at radius 2 is 2.00 bits per heavy atom. The van der Waals surface area contributed by atoms with Crippen LogP contribution in [0.4, 0.5) is 0 Å². The minimum atomic E-state index is -0.00937. The summed E-state index contributed by atoms with van der Waals surface area (Å²) in [6.45, 7) is 2.05. The Morgan fingerprint density at radius 3 is 2.54 bits per heavy atom. The van der Waals surface area contributed by atoms with E-state index in [2.05, 4.69) is 17.9 Å². The van der Waals surface area contributed by atoms with Gasteiger partial charge in [0.05, 0.1) is 0 Å². The standard InChI is InChI=1S/C8H19NO2SSi/c1-10-8(11-2)13-7-3-4-9-5-6-12/h8-9,12H,3-7H2,1-2H3. The molecule has 0 aromatic rings. The maximum Gasteiger partial charge on any atom is 0.136 e. The minimum absolute atomic E-state index is 0.00937. The quantitative estimate of drug-likeness (QED) is 0.259. The third kappa shape index (κ3) is 8.77. The van der Waals surface area contributed by atoms with Gasteiger partial charge in [-0.3, -0.25) is 0 Å². The zero-order valence-electron chi connectivity index (χ0n) is 8.38. The first-order chi connectivity index (χ1) is 6.35. The smallest absolute Gasteiger partial charge is 0.136 e. The molecule has 0 fully saturated rings. The Labute approximate surface area is 88.8 Å². The lowest BCUT2D eigenvalue weighted by molar-refractivity contribution is -0.0441. The van der Waals surface area contributed by atoms with E-state index in [1.807, 2.05) is 0 Å². The van der Waals surface area contributed by atoms with Crippen LogP contribution in [-0.4, -0.2) is 48.5 Å². The third-order valence-electron chi connectivity index (χ3n) is 1.56. The van der Waals surface area contributed by atoms with Gasteiger partial charge in [-0.15, -0.1) is 0 Å². The largest absolute Gasteiger partial charge is 0.360 e. The summed E-state index contributed by atoms with van der Waals surface area (Å²) in [6, 6.07) is 1.16. The maximum absolute atomic E-state index is 5.08. The van der Waals surface area contributed by atoms with Gasteiger partial charge in [0.2, 0.25) is 0 Å². The van der Waals surface area contributed by atoms with Crippen molar-refractivity contribution in [1.82, 2.24) is 5.32 Å². The van der Waals surface area contributed by atoms with E-state index in [-0.39, 0.29) is 5.91 Å². The zero-order chi connectivity index (χ0) is 9.94. The van der Waals surface area contributed by atoms with Crippen molar-refractivity contribution in [3.8, 4) is 0 Å². The molecule has 5 heteroatoms. The summed E-state index contributed by atoms with van der Waals surface area (Å²) in [5.41, 5.74) is 0. The fraction of sp³-hybridized carbons (Fsp3) is 1.00. The van der Waals surface area contributed by atoms with Gasteiger partial charge in [0.25, 0.3) is 0 Å². The molecule has 0 rings (SSSR count). The molecule has 0 aliphatic rings. The molecule has 78 valence electrons. The van der Waals surface area contributed by atoms with Crippen LogP contribution in [0, 0.1) is 0 Å². The van der Waals surface area contributed by atoms with Gasteiger partial charge in [-0.1, -0.05) is 6.04 Å². The first kappa shape index (κ1) is 13.4. The van der Waals surface area contributed by atoms with Crippen molar-refractivity contribution < 1.29 is 9.47 Å². The van der Waals surface area contributed by atoms with Gasteiger partial charge in [-0.05, 0) is 13.0 Å². The number of rotatable bonds is 9. The van der Waals surface area contributed by atoms with E-state index in [1.165, 1.54) is 6.42 Å². The van der Waals surface area contributed by atoms with E-state index in [0.29, 0.717) is 0 Å². The molecule has 3 nitrogen and oxygen atoms in total. The van der Waals surface area contributed by atoms with Gasteiger partial charge in [0, 0.05) is 26.5 Å². The van der Waals surface area contributed by atoms with Crippen molar-refractivity contribution in [3.05, 3.63) is 0 Å². The highest BCUT2D eigenvalue weighted by molar-refractivity contribution is 7.80. The van der Waals surface area contributed by atoms with Crippen molar-refractivity contribution in [1.29, 1.82) is 0 Å². The molecule has 0 aliphatic carbocycles. The van der Waals surface area contributed by atoms with Gasteiger partial charge in [-0.2, -0.15) is 12.6 Å². The van der Waals surface area contributed by atoms with Crippen LogP contribution in [0.3, 0.4) is 0 Å². The van der Waals surface area contributed by atoms with Crippen molar-refractivity contribution in [2.45, 2.75) is 18.4 Å². The Kier molecular flexibility index (Phi) is 10.9. The number of thiol groups is 1. The Balaban J connectivity index is 3.05. The second kappa shape index (κ2) is 10.5. The average Bonchev–Trinajstić information content (AvgIpc) is 2.17. The van der Waals surface area contributed by atoms with Crippen LogP contribution in [0.25, 0.3) is 0 Å². The van der Waals surface area contributed by atoms with Gasteiger partial charge < -0.3 is 14.8 Å². The van der Waals surface area contributed by atoms with E-state index in [9.17, 15) is 0 Å². The highest BCUT2D eigenvalue weighted by Gasteiger charge is 2.04. The highest BCUT2D eigenvalue weighted by atomic mass is 32.1. The number of ether oxygens (including phenoxy) is 2. The van der Waals surface area contributed by atoms with Crippen LogP contribution in [0.5, 0.6) is 0 Å². The van der Waals surface area contributed by atoms with Crippen LogP contribution in [-0.2, 0) is 9.47 Å². The zero-order valence-corrected chi connectivity index (χ0v) is 10.3. The van der Waals surface area contributed by atoms with Gasteiger partial charge in [0.15, 0.2) is 0 Å². The monoisotopic (exact) mass is 221 g/mol. The third-order valence-corrected chi connectivity index (χ3v) is 3.23. The van der Waals surface area contributed by atoms with Gasteiger partial charge in [-0.25, -0.2) is 0 Å². The molecule has 0 aromatic heterocycles. The van der Waals surface area contributed by atoms with Crippen molar-refractivity contribution >= 4 is 22.1 Å². The summed E-state index contributed by atoms with van der Waals surface area (Å²) < 4.78 is 10.2. The normalized spacial score (nSPS) is 11.1. The molecule has 0 amide bonds. The van der Waals surface area contributed by atoms with Crippen LogP contribution in [0.1, 0.15) is 6.42 Å². The molecule has 13 heavy (non-hydrogen) atoms. The summed E-state index contributed by atoms with van der Waals surface area (Å²) >= 11 is 4.11. The SMILES string of the molecule is COC(OC)[Si]CCCNCCS. The maximum atomic E-state index is 5.08. The lowest BCUT2D eigenvalue weighted by atomic mass is 10.5. The minimum Gasteiger partial charge on any atom is -0.360 e. The fourth-order valence-electron chi connectivity index (χ4n) is 0.900. The summed E-state index contributed by atoms with van der Waals surface area (Å²) in [4.78, 5) is 0. The molecule has 0 atom stereocenters. The van der Waals surface area contributed by atoms with Crippen LogP contribution in [0.2, 0.25) is 6.04 Å². The average molecular weight is 221 g/mol. The number of methoxy groups -OCH3 is 2. The van der Waals surface area contributed by atoms with Crippen molar-refractivity contribution in [3.63, 3.8) is 0 Å². The molecular formula is C8H19NO2SSi. The molecule has 0 bridgehead atoms. The number of hydrogen-bond donors (Lipinski definition) is 2. The lowest BCUT2D eigenvalue weighted by Gasteiger charge is -2.11. The molecule has 0 saturated carbocycles. The Hall–Kier alpha value is 0.447. The predicted molar refractivity (Wildman–Crippen MR) is 59.7 cm³/mol. The molecule has 0 saturated heterocycles. The number of hydrogen-bond acceptors (Lipinski definition) is 4. The number of nitrogens with one attached hydrogen (secondary N) is 1. The molecule has 0 heterocycles. The van der Waals surface area contributed by atoms with E-state index < -0.39 is 0 Å². The fourth-order valence-corrected chi connectivity index (χ4v) is 2.01. The van der Waals surface area contributed by atoms with Crippen LogP contribution >= 0.6 is 12.6 Å².